The minimum absolute atomic E-state index is 0.427. The molecule has 0 N–H and O–H groups in total. The molecule has 0 nitrogen and oxygen atoms in total. The summed E-state index contributed by atoms with van der Waals surface area (Å²) in [4.78, 5) is 0. The van der Waals surface area contributed by atoms with Crippen molar-refractivity contribution in [3.63, 3.8) is 0 Å². The molecule has 9 atom stereocenters. The van der Waals surface area contributed by atoms with Crippen molar-refractivity contribution in [1.29, 1.82) is 0 Å². The van der Waals surface area contributed by atoms with Crippen LogP contribution < -0.4 is 0 Å². The maximum Gasteiger partial charge on any atom is -0.000473 e. The summed E-state index contributed by atoms with van der Waals surface area (Å²) in [6, 6.07) is 0. The molecule has 0 aromatic heterocycles. The van der Waals surface area contributed by atoms with E-state index in [0.717, 1.165) is 41.4 Å². The van der Waals surface area contributed by atoms with Crippen molar-refractivity contribution in [1.82, 2.24) is 0 Å². The van der Waals surface area contributed by atoms with Gasteiger partial charge in [0.1, 0.15) is 0 Å². The molecule has 202 valence electrons. The first-order valence-electron chi connectivity index (χ1n) is 15.9. The molecule has 0 aliphatic heterocycles. The molecule has 0 aromatic rings. The number of rotatable bonds is 11. The maximum absolute atomic E-state index is 4.54. The molecule has 0 radical (unpaired) electrons. The van der Waals surface area contributed by atoms with Crippen LogP contribution >= 0.6 is 22.6 Å². The van der Waals surface area contributed by atoms with Crippen molar-refractivity contribution in [2.24, 2.45) is 57.7 Å². The number of allylic oxidation sites excluding steroid dienone is 1. The van der Waals surface area contributed by atoms with E-state index in [1.807, 2.05) is 0 Å². The monoisotopic (exact) mass is 594 g/mol. The number of alkyl halides is 1. The van der Waals surface area contributed by atoms with E-state index in [2.05, 4.69) is 69.9 Å². The highest BCUT2D eigenvalue weighted by atomic mass is 127. The Bertz CT molecular complexity index is 697. The number of hydrogen-bond acceptors (Lipinski definition) is 0. The lowest BCUT2D eigenvalue weighted by atomic mass is 9.39. The predicted octanol–water partition coefficient (Wildman–Crippen LogP) is 11.3. The van der Waals surface area contributed by atoms with Crippen LogP contribution in [0.15, 0.2) is 12.7 Å². The van der Waals surface area contributed by atoms with E-state index in [1.54, 1.807) is 0 Å². The number of unbranched alkanes of at least 4 members (excludes halogenated alkanes) is 2. The lowest BCUT2D eigenvalue weighted by molar-refractivity contribution is -0.151. The second-order valence-corrected chi connectivity index (χ2v) is 15.9. The minimum Gasteiger partial charge on any atom is -0.103 e. The normalized spacial score (nSPS) is 43.9. The first-order chi connectivity index (χ1) is 16.7. The molecule has 0 bridgehead atoms. The third-order valence-electron chi connectivity index (χ3n) is 12.9. The zero-order valence-corrected chi connectivity index (χ0v) is 26.4. The van der Waals surface area contributed by atoms with Gasteiger partial charge >= 0.3 is 0 Å². The summed E-state index contributed by atoms with van der Waals surface area (Å²) < 4.78 is 1.33. The van der Waals surface area contributed by atoms with Crippen molar-refractivity contribution < 1.29 is 0 Å². The molecule has 5 unspecified atom stereocenters. The van der Waals surface area contributed by atoms with Crippen LogP contribution in [0.3, 0.4) is 0 Å². The summed E-state index contributed by atoms with van der Waals surface area (Å²) in [6.07, 6.45) is 26.1. The standard InChI is InChI=1S/C34H59I/c1-7-34-22-18-28-30-16-15-29(26(4)13-11-12-25(2)3)32(30,5)20-19-31(28)33(34,6)21-17-27(24-34)14-9-8-10-23-35/h7,25-31H,1,8-24H2,2-6H3/t26?,27-,28?,29+,30?,31?,32+,33+,34?/m0/s1. The Balaban J connectivity index is 1.44. The van der Waals surface area contributed by atoms with Gasteiger partial charge in [0.25, 0.3) is 0 Å². The summed E-state index contributed by atoms with van der Waals surface area (Å²) in [5.41, 5.74) is 1.56. The second kappa shape index (κ2) is 11.7. The molecular weight excluding hydrogens is 535 g/mol. The Hall–Kier alpha value is 0.470. The lowest BCUT2D eigenvalue weighted by Crippen LogP contribution is -2.58. The van der Waals surface area contributed by atoms with Crippen LogP contribution in [0.5, 0.6) is 0 Å². The molecule has 0 heterocycles. The molecule has 4 aliphatic rings. The van der Waals surface area contributed by atoms with Gasteiger partial charge in [-0.15, -0.1) is 6.58 Å². The quantitative estimate of drug-likeness (QED) is 0.0966. The van der Waals surface area contributed by atoms with E-state index in [9.17, 15) is 0 Å². The topological polar surface area (TPSA) is 0 Å². The van der Waals surface area contributed by atoms with Crippen molar-refractivity contribution in [3.05, 3.63) is 12.7 Å². The van der Waals surface area contributed by atoms with Crippen LogP contribution in [0.1, 0.15) is 137 Å². The molecule has 0 saturated heterocycles. The van der Waals surface area contributed by atoms with E-state index in [4.69, 9.17) is 0 Å². The zero-order valence-electron chi connectivity index (χ0n) is 24.2. The van der Waals surface area contributed by atoms with Crippen LogP contribution in [0.25, 0.3) is 0 Å². The Morgan fingerprint density at radius 3 is 2.37 bits per heavy atom. The highest BCUT2D eigenvalue weighted by Crippen LogP contribution is 2.72. The second-order valence-electron chi connectivity index (χ2n) is 14.9. The molecular formula is C34H59I. The van der Waals surface area contributed by atoms with Crippen LogP contribution in [-0.4, -0.2) is 4.43 Å². The molecule has 4 fully saturated rings. The number of halogens is 1. The predicted molar refractivity (Wildman–Crippen MR) is 163 cm³/mol. The number of fused-ring (bicyclic) bond motifs is 5. The minimum atomic E-state index is 0.427. The highest BCUT2D eigenvalue weighted by Gasteiger charge is 2.64. The fourth-order valence-corrected chi connectivity index (χ4v) is 11.4. The zero-order chi connectivity index (χ0) is 25.3. The average Bonchev–Trinajstić information content (AvgIpc) is 3.19. The van der Waals surface area contributed by atoms with Crippen LogP contribution in [0.2, 0.25) is 0 Å². The Labute approximate surface area is 233 Å². The van der Waals surface area contributed by atoms with Gasteiger partial charge in [0.2, 0.25) is 0 Å². The van der Waals surface area contributed by atoms with E-state index in [0.29, 0.717) is 16.2 Å². The van der Waals surface area contributed by atoms with Gasteiger partial charge in [-0.25, -0.2) is 0 Å². The highest BCUT2D eigenvalue weighted by molar-refractivity contribution is 14.1. The molecule has 4 rings (SSSR count). The van der Waals surface area contributed by atoms with Crippen molar-refractivity contribution >= 4 is 22.6 Å². The van der Waals surface area contributed by atoms with Crippen LogP contribution in [0.4, 0.5) is 0 Å². The van der Waals surface area contributed by atoms with Crippen molar-refractivity contribution in [2.75, 3.05) is 4.43 Å². The third kappa shape index (κ3) is 5.34. The van der Waals surface area contributed by atoms with Gasteiger partial charge in [-0.3, -0.25) is 0 Å². The molecule has 4 saturated carbocycles. The Morgan fingerprint density at radius 2 is 1.66 bits per heavy atom. The average molecular weight is 595 g/mol. The molecule has 1 heteroatoms. The van der Waals surface area contributed by atoms with E-state index in [1.165, 1.54) is 107 Å². The van der Waals surface area contributed by atoms with Crippen molar-refractivity contribution in [2.45, 2.75) is 137 Å². The SMILES string of the molecule is C=CC12CCC3C4CC[C@H](C(C)CCCC(C)C)[C@@]4(C)CCC3[C@@]1(C)CC[C@H](CCCCCI)C2. The summed E-state index contributed by atoms with van der Waals surface area (Å²) in [6.45, 7) is 17.5. The molecule has 0 amide bonds. The summed E-state index contributed by atoms with van der Waals surface area (Å²) in [5, 5.41) is 0. The maximum atomic E-state index is 4.54. The van der Waals surface area contributed by atoms with Gasteiger partial charge in [-0.2, -0.15) is 0 Å². The molecule has 4 aliphatic carbocycles. The first-order valence-corrected chi connectivity index (χ1v) is 17.4. The Kier molecular flexibility index (Phi) is 9.51. The van der Waals surface area contributed by atoms with Gasteiger partial charge in [0.15, 0.2) is 0 Å². The van der Waals surface area contributed by atoms with E-state index < -0.39 is 0 Å². The van der Waals surface area contributed by atoms with Crippen LogP contribution in [-0.2, 0) is 0 Å². The third-order valence-corrected chi connectivity index (χ3v) is 13.6. The van der Waals surface area contributed by atoms with Gasteiger partial charge in [0.05, 0.1) is 0 Å². The summed E-state index contributed by atoms with van der Waals surface area (Å²) in [7, 11) is 0. The smallest absolute Gasteiger partial charge is 0.000473 e. The van der Waals surface area contributed by atoms with Gasteiger partial charge < -0.3 is 0 Å². The van der Waals surface area contributed by atoms with E-state index >= 15 is 0 Å². The van der Waals surface area contributed by atoms with Crippen molar-refractivity contribution in [3.8, 4) is 0 Å². The van der Waals surface area contributed by atoms with Gasteiger partial charge in [0, 0.05) is 0 Å². The molecule has 0 aromatic carbocycles. The molecule has 0 spiro atoms. The Morgan fingerprint density at radius 1 is 0.857 bits per heavy atom. The summed E-state index contributed by atoms with van der Waals surface area (Å²) >= 11 is 2.54. The van der Waals surface area contributed by atoms with Gasteiger partial charge in [-0.05, 0) is 126 Å². The fraction of sp³-hybridized carbons (Fsp3) is 0.941. The molecule has 35 heavy (non-hydrogen) atoms. The van der Waals surface area contributed by atoms with Crippen LogP contribution in [0, 0.1) is 57.7 Å². The summed E-state index contributed by atoms with van der Waals surface area (Å²) in [5.74, 6) is 6.70. The lowest BCUT2D eigenvalue weighted by Gasteiger charge is -2.66. The number of hydrogen-bond donors (Lipinski definition) is 0. The largest absolute Gasteiger partial charge is 0.103 e. The van der Waals surface area contributed by atoms with Gasteiger partial charge in [-0.1, -0.05) is 102 Å². The first kappa shape index (κ1) is 28.5. The van der Waals surface area contributed by atoms with E-state index in [-0.39, 0.29) is 0 Å². The fourth-order valence-electron chi connectivity index (χ4n) is 10.8.